The first-order valence-corrected chi connectivity index (χ1v) is 8.77. The molecule has 0 bridgehead atoms. The van der Waals surface area contributed by atoms with E-state index in [9.17, 15) is 5.11 Å². The lowest BCUT2D eigenvalue weighted by Gasteiger charge is -2.22. The van der Waals surface area contributed by atoms with E-state index in [1.54, 1.807) is 0 Å². The molecule has 2 N–H and O–H groups in total. The van der Waals surface area contributed by atoms with Gasteiger partial charge in [0, 0.05) is 20.1 Å². The van der Waals surface area contributed by atoms with E-state index in [0.29, 0.717) is 13.1 Å². The summed E-state index contributed by atoms with van der Waals surface area (Å²) < 4.78 is 10.8. The number of benzene rings is 2. The standard InChI is InChI=1S/C20H25N3O3/c1-3-21-20(22-11-16-6-4-5-7-17(16)13-24)23(2)12-15-8-9-18-19(10-15)26-14-25-18/h4-10,24H,3,11-14H2,1-2H3,(H,21,22). The van der Waals surface area contributed by atoms with E-state index < -0.39 is 0 Å². The van der Waals surface area contributed by atoms with E-state index in [2.05, 4.69) is 10.2 Å². The molecule has 6 heteroatoms. The first-order valence-electron chi connectivity index (χ1n) is 8.77. The highest BCUT2D eigenvalue weighted by Crippen LogP contribution is 2.32. The molecule has 1 aliphatic rings. The number of ether oxygens (including phenoxy) is 2. The van der Waals surface area contributed by atoms with Gasteiger partial charge in [0.25, 0.3) is 0 Å². The Morgan fingerprint density at radius 1 is 1.15 bits per heavy atom. The summed E-state index contributed by atoms with van der Waals surface area (Å²) in [5.74, 6) is 2.39. The van der Waals surface area contributed by atoms with Crippen LogP contribution in [0.2, 0.25) is 0 Å². The fraction of sp³-hybridized carbons (Fsp3) is 0.350. The highest BCUT2D eigenvalue weighted by Gasteiger charge is 2.14. The molecule has 1 heterocycles. The molecule has 0 saturated carbocycles. The maximum Gasteiger partial charge on any atom is 0.231 e. The molecule has 0 radical (unpaired) electrons. The van der Waals surface area contributed by atoms with Crippen LogP contribution >= 0.6 is 0 Å². The van der Waals surface area contributed by atoms with Crippen LogP contribution in [0.25, 0.3) is 0 Å². The van der Waals surface area contributed by atoms with Crippen LogP contribution in [0.15, 0.2) is 47.5 Å². The molecule has 26 heavy (non-hydrogen) atoms. The fourth-order valence-corrected chi connectivity index (χ4v) is 2.88. The molecule has 1 aliphatic heterocycles. The summed E-state index contributed by atoms with van der Waals surface area (Å²) in [6.45, 7) is 4.35. The van der Waals surface area contributed by atoms with Crippen LogP contribution in [0.4, 0.5) is 0 Å². The smallest absolute Gasteiger partial charge is 0.231 e. The lowest BCUT2D eigenvalue weighted by molar-refractivity contribution is 0.174. The van der Waals surface area contributed by atoms with Crippen LogP contribution in [-0.2, 0) is 19.7 Å². The van der Waals surface area contributed by atoms with Gasteiger partial charge in [-0.2, -0.15) is 0 Å². The molecule has 0 spiro atoms. The zero-order valence-electron chi connectivity index (χ0n) is 15.2. The minimum absolute atomic E-state index is 0.0231. The number of aliphatic imine (C=N–C) groups is 1. The monoisotopic (exact) mass is 355 g/mol. The van der Waals surface area contributed by atoms with Crippen LogP contribution in [-0.4, -0.2) is 36.4 Å². The van der Waals surface area contributed by atoms with Crippen molar-refractivity contribution in [2.45, 2.75) is 26.6 Å². The molecule has 0 atom stereocenters. The number of guanidine groups is 1. The van der Waals surface area contributed by atoms with Gasteiger partial charge in [-0.05, 0) is 35.7 Å². The number of nitrogens with zero attached hydrogens (tertiary/aromatic N) is 2. The van der Waals surface area contributed by atoms with Gasteiger partial charge in [-0.3, -0.25) is 0 Å². The molecular weight excluding hydrogens is 330 g/mol. The quantitative estimate of drug-likeness (QED) is 0.616. The highest BCUT2D eigenvalue weighted by atomic mass is 16.7. The maximum atomic E-state index is 9.47. The van der Waals surface area contributed by atoms with E-state index in [1.807, 2.05) is 56.4 Å². The second kappa shape index (κ2) is 8.58. The van der Waals surface area contributed by atoms with E-state index in [-0.39, 0.29) is 13.4 Å². The summed E-state index contributed by atoms with van der Waals surface area (Å²) in [7, 11) is 2.00. The number of hydrogen-bond acceptors (Lipinski definition) is 4. The minimum atomic E-state index is 0.0231. The average Bonchev–Trinajstić information content (AvgIpc) is 3.13. The van der Waals surface area contributed by atoms with Crippen molar-refractivity contribution in [2.75, 3.05) is 20.4 Å². The molecule has 0 saturated heterocycles. The summed E-state index contributed by atoms with van der Waals surface area (Å²) in [6.07, 6.45) is 0. The van der Waals surface area contributed by atoms with Gasteiger partial charge in [-0.25, -0.2) is 4.99 Å². The summed E-state index contributed by atoms with van der Waals surface area (Å²) in [5, 5.41) is 12.8. The summed E-state index contributed by atoms with van der Waals surface area (Å²) in [5.41, 5.74) is 3.06. The van der Waals surface area contributed by atoms with Crippen molar-refractivity contribution in [3.05, 3.63) is 59.2 Å². The topological polar surface area (TPSA) is 66.3 Å². The number of aliphatic hydroxyl groups is 1. The molecule has 0 aliphatic carbocycles. The summed E-state index contributed by atoms with van der Waals surface area (Å²) in [6, 6.07) is 13.8. The molecule has 0 unspecified atom stereocenters. The predicted molar refractivity (Wildman–Crippen MR) is 101 cm³/mol. The number of rotatable bonds is 6. The van der Waals surface area contributed by atoms with Crippen LogP contribution < -0.4 is 14.8 Å². The van der Waals surface area contributed by atoms with E-state index in [1.165, 1.54) is 0 Å². The van der Waals surface area contributed by atoms with Crippen molar-refractivity contribution in [2.24, 2.45) is 4.99 Å². The van der Waals surface area contributed by atoms with Crippen LogP contribution in [0.5, 0.6) is 11.5 Å². The normalized spacial score (nSPS) is 13.0. The maximum absolute atomic E-state index is 9.47. The molecule has 2 aromatic rings. The summed E-state index contributed by atoms with van der Waals surface area (Å²) >= 11 is 0. The molecular formula is C20H25N3O3. The minimum Gasteiger partial charge on any atom is -0.454 e. The Bertz CT molecular complexity index is 777. The third kappa shape index (κ3) is 4.26. The lowest BCUT2D eigenvalue weighted by Crippen LogP contribution is -2.38. The third-order valence-electron chi connectivity index (χ3n) is 4.24. The Labute approximate surface area is 154 Å². The van der Waals surface area contributed by atoms with Gasteiger partial charge in [-0.1, -0.05) is 30.3 Å². The molecule has 3 rings (SSSR count). The van der Waals surface area contributed by atoms with Gasteiger partial charge in [0.2, 0.25) is 6.79 Å². The molecule has 0 fully saturated rings. The van der Waals surface area contributed by atoms with Gasteiger partial charge < -0.3 is 24.8 Å². The Hall–Kier alpha value is -2.73. The van der Waals surface area contributed by atoms with Crippen LogP contribution in [0.1, 0.15) is 23.6 Å². The molecule has 6 nitrogen and oxygen atoms in total. The Balaban J connectivity index is 1.71. The van der Waals surface area contributed by atoms with Crippen molar-refractivity contribution in [3.8, 4) is 11.5 Å². The number of fused-ring (bicyclic) bond motifs is 1. The molecule has 2 aromatic carbocycles. The first kappa shape index (κ1) is 18.1. The second-order valence-corrected chi connectivity index (χ2v) is 6.14. The summed E-state index contributed by atoms with van der Waals surface area (Å²) in [4.78, 5) is 6.80. The fourth-order valence-electron chi connectivity index (χ4n) is 2.88. The molecule has 0 amide bonds. The van der Waals surface area contributed by atoms with Crippen LogP contribution in [0, 0.1) is 0 Å². The average molecular weight is 355 g/mol. The number of aliphatic hydroxyl groups excluding tert-OH is 1. The van der Waals surface area contributed by atoms with E-state index in [0.717, 1.165) is 40.7 Å². The van der Waals surface area contributed by atoms with Crippen molar-refractivity contribution in [3.63, 3.8) is 0 Å². The first-order chi connectivity index (χ1) is 12.7. The van der Waals surface area contributed by atoms with Gasteiger partial charge >= 0.3 is 0 Å². The molecule has 138 valence electrons. The van der Waals surface area contributed by atoms with Gasteiger partial charge in [0.05, 0.1) is 13.2 Å². The SMILES string of the molecule is CCNC(=NCc1ccccc1CO)N(C)Cc1ccc2c(c1)OCO2. The largest absolute Gasteiger partial charge is 0.454 e. The Morgan fingerprint density at radius 2 is 1.92 bits per heavy atom. The number of hydrogen-bond donors (Lipinski definition) is 2. The zero-order chi connectivity index (χ0) is 18.4. The van der Waals surface area contributed by atoms with E-state index >= 15 is 0 Å². The van der Waals surface area contributed by atoms with Crippen molar-refractivity contribution in [1.82, 2.24) is 10.2 Å². The van der Waals surface area contributed by atoms with Gasteiger partial charge in [-0.15, -0.1) is 0 Å². The zero-order valence-corrected chi connectivity index (χ0v) is 15.2. The van der Waals surface area contributed by atoms with Crippen molar-refractivity contribution < 1.29 is 14.6 Å². The second-order valence-electron chi connectivity index (χ2n) is 6.14. The third-order valence-corrected chi connectivity index (χ3v) is 4.24. The highest BCUT2D eigenvalue weighted by molar-refractivity contribution is 5.79. The Morgan fingerprint density at radius 3 is 2.69 bits per heavy atom. The van der Waals surface area contributed by atoms with Crippen molar-refractivity contribution >= 4 is 5.96 Å². The van der Waals surface area contributed by atoms with Gasteiger partial charge in [0.1, 0.15) is 0 Å². The van der Waals surface area contributed by atoms with Crippen LogP contribution in [0.3, 0.4) is 0 Å². The van der Waals surface area contributed by atoms with E-state index in [4.69, 9.17) is 14.5 Å². The predicted octanol–water partition coefficient (Wildman–Crippen LogP) is 2.51. The molecule has 0 aromatic heterocycles. The van der Waals surface area contributed by atoms with Crippen molar-refractivity contribution in [1.29, 1.82) is 0 Å². The van der Waals surface area contributed by atoms with Gasteiger partial charge in [0.15, 0.2) is 17.5 Å². The lowest BCUT2D eigenvalue weighted by atomic mass is 10.1. The Kier molecular flexibility index (Phi) is 5.96. The number of nitrogens with one attached hydrogen (secondary N) is 1.